The third kappa shape index (κ3) is 1.41. The Hall–Kier alpha value is -0.220. The first-order valence-corrected chi connectivity index (χ1v) is 5.73. The van der Waals surface area contributed by atoms with Crippen LogP contribution >= 0.6 is 0 Å². The highest BCUT2D eigenvalue weighted by molar-refractivity contribution is 5.14. The molecule has 1 N–H and O–H groups in total. The van der Waals surface area contributed by atoms with E-state index >= 15 is 0 Å². The topological polar surface area (TPSA) is 23.5 Å². The van der Waals surface area contributed by atoms with E-state index in [0.717, 1.165) is 25.8 Å². The van der Waals surface area contributed by atoms with Crippen LogP contribution in [0, 0.1) is 5.41 Å². The first kappa shape index (κ1) is 9.97. The molecule has 1 unspecified atom stereocenters. The van der Waals surface area contributed by atoms with Crippen LogP contribution in [0.25, 0.3) is 0 Å². The molecule has 2 heterocycles. The van der Waals surface area contributed by atoms with Crippen molar-refractivity contribution in [2.75, 3.05) is 19.7 Å². The maximum absolute atomic E-state index is 13.4. The summed E-state index contributed by atoms with van der Waals surface area (Å²) in [6.07, 6.45) is 2.93. The molecule has 0 bridgehead atoms. The Morgan fingerprint density at radius 3 is 2.47 bits per heavy atom. The van der Waals surface area contributed by atoms with Gasteiger partial charge in [-0.25, -0.2) is 8.78 Å². The molecule has 0 radical (unpaired) electrons. The van der Waals surface area contributed by atoms with E-state index in [0.29, 0.717) is 12.0 Å². The van der Waals surface area contributed by atoms with Gasteiger partial charge >= 0.3 is 0 Å². The fourth-order valence-corrected chi connectivity index (χ4v) is 3.52. The lowest BCUT2D eigenvalue weighted by molar-refractivity contribution is -0.114. The molecule has 0 aromatic carbocycles. The molecular formula is C11H17F2NO. The molecule has 3 fully saturated rings. The summed E-state index contributed by atoms with van der Waals surface area (Å²) in [7, 11) is 0. The summed E-state index contributed by atoms with van der Waals surface area (Å²) < 4.78 is 26.8. The summed E-state index contributed by atoms with van der Waals surface area (Å²) >= 11 is 0. The number of nitrogens with zero attached hydrogens (tertiary/aromatic N) is 1. The fourth-order valence-electron chi connectivity index (χ4n) is 3.52. The van der Waals surface area contributed by atoms with E-state index in [2.05, 4.69) is 4.90 Å². The molecule has 4 heteroatoms. The molecule has 3 aliphatic rings. The first-order chi connectivity index (χ1) is 6.99. The van der Waals surface area contributed by atoms with Gasteiger partial charge in [0.15, 0.2) is 0 Å². The van der Waals surface area contributed by atoms with Crippen LogP contribution in [0.15, 0.2) is 0 Å². The van der Waals surface area contributed by atoms with Crippen molar-refractivity contribution in [2.45, 2.75) is 43.6 Å². The third-order valence-corrected chi connectivity index (χ3v) is 4.49. The zero-order chi connectivity index (χ0) is 10.7. The zero-order valence-electron chi connectivity index (χ0n) is 8.81. The van der Waals surface area contributed by atoms with Crippen molar-refractivity contribution in [3.05, 3.63) is 0 Å². The highest BCUT2D eigenvalue weighted by atomic mass is 19.3. The lowest BCUT2D eigenvalue weighted by Gasteiger charge is -2.44. The van der Waals surface area contributed by atoms with Gasteiger partial charge in [0, 0.05) is 25.9 Å². The summed E-state index contributed by atoms with van der Waals surface area (Å²) in [5.41, 5.74) is -0.304. The number of rotatable bonds is 1. The molecule has 0 amide bonds. The molecule has 1 atom stereocenters. The van der Waals surface area contributed by atoms with Crippen molar-refractivity contribution in [2.24, 2.45) is 5.41 Å². The number of piperidine rings is 1. The smallest absolute Gasteiger partial charge is 0.251 e. The van der Waals surface area contributed by atoms with Crippen molar-refractivity contribution in [3.63, 3.8) is 0 Å². The molecule has 15 heavy (non-hydrogen) atoms. The van der Waals surface area contributed by atoms with Gasteiger partial charge in [-0.3, -0.25) is 4.90 Å². The second-order valence-corrected chi connectivity index (χ2v) is 5.76. The van der Waals surface area contributed by atoms with Crippen LogP contribution in [-0.4, -0.2) is 41.2 Å². The Morgan fingerprint density at radius 2 is 1.87 bits per heavy atom. The summed E-state index contributed by atoms with van der Waals surface area (Å²) in [5.74, 6) is -2.57. The number of hydrogen-bond donors (Lipinski definition) is 1. The van der Waals surface area contributed by atoms with Crippen LogP contribution in [0.4, 0.5) is 8.78 Å². The Balaban J connectivity index is 1.87. The first-order valence-electron chi connectivity index (χ1n) is 5.73. The van der Waals surface area contributed by atoms with Gasteiger partial charge in [0.2, 0.25) is 0 Å². The lowest BCUT2D eigenvalue weighted by atomic mass is 9.82. The van der Waals surface area contributed by atoms with E-state index in [-0.39, 0.29) is 19.4 Å². The summed E-state index contributed by atoms with van der Waals surface area (Å²) in [6, 6.07) is 0. The van der Waals surface area contributed by atoms with Crippen molar-refractivity contribution < 1.29 is 13.9 Å². The highest BCUT2D eigenvalue weighted by Gasteiger charge is 2.62. The Morgan fingerprint density at radius 1 is 1.13 bits per heavy atom. The molecule has 0 aromatic rings. The monoisotopic (exact) mass is 217 g/mol. The van der Waals surface area contributed by atoms with E-state index in [1.54, 1.807) is 0 Å². The molecule has 2 aliphatic heterocycles. The summed E-state index contributed by atoms with van der Waals surface area (Å²) in [5, 5.41) is 9.47. The quantitative estimate of drug-likeness (QED) is 0.721. The standard InChI is InChI=1S/C11H17F2NO/c12-11(13)3-4-14-7-9(1-2-9)5-10(14,6-11)8-15/h15H,1-8H2. The molecule has 2 nitrogen and oxygen atoms in total. The van der Waals surface area contributed by atoms with E-state index in [9.17, 15) is 13.9 Å². The predicted octanol–water partition coefficient (Wildman–Crippen LogP) is 1.63. The van der Waals surface area contributed by atoms with Crippen LogP contribution in [0.1, 0.15) is 32.1 Å². The third-order valence-electron chi connectivity index (χ3n) is 4.49. The van der Waals surface area contributed by atoms with E-state index < -0.39 is 11.5 Å². The van der Waals surface area contributed by atoms with Gasteiger partial charge in [-0.2, -0.15) is 0 Å². The van der Waals surface area contributed by atoms with Crippen molar-refractivity contribution in [1.29, 1.82) is 0 Å². The largest absolute Gasteiger partial charge is 0.394 e. The second-order valence-electron chi connectivity index (χ2n) is 5.76. The Bertz CT molecular complexity index is 290. The van der Waals surface area contributed by atoms with E-state index in [1.165, 1.54) is 0 Å². The fraction of sp³-hybridized carbons (Fsp3) is 1.00. The van der Waals surface area contributed by atoms with Gasteiger partial charge in [-0.05, 0) is 24.7 Å². The predicted molar refractivity (Wildman–Crippen MR) is 51.9 cm³/mol. The van der Waals surface area contributed by atoms with Gasteiger partial charge in [0.25, 0.3) is 5.92 Å². The Labute approximate surface area is 88.3 Å². The van der Waals surface area contributed by atoms with Crippen LogP contribution in [0.2, 0.25) is 0 Å². The van der Waals surface area contributed by atoms with Gasteiger partial charge in [-0.15, -0.1) is 0 Å². The van der Waals surface area contributed by atoms with Gasteiger partial charge in [0.05, 0.1) is 12.1 Å². The molecule has 1 aliphatic carbocycles. The lowest BCUT2D eigenvalue weighted by Crippen LogP contribution is -2.55. The second kappa shape index (κ2) is 2.72. The minimum Gasteiger partial charge on any atom is -0.394 e. The maximum atomic E-state index is 13.4. The molecule has 0 aromatic heterocycles. The highest BCUT2D eigenvalue weighted by Crippen LogP contribution is 2.61. The molecule has 3 rings (SSSR count). The average Bonchev–Trinajstić information content (AvgIpc) is 2.80. The van der Waals surface area contributed by atoms with Crippen molar-refractivity contribution in [3.8, 4) is 0 Å². The number of fused-ring (bicyclic) bond motifs is 1. The van der Waals surface area contributed by atoms with Crippen LogP contribution in [0.5, 0.6) is 0 Å². The number of halogens is 2. The number of alkyl halides is 2. The SMILES string of the molecule is OCC12CC(F)(F)CCN1CC1(CC1)C2. The number of hydrogen-bond acceptors (Lipinski definition) is 2. The van der Waals surface area contributed by atoms with Gasteiger partial charge in [0.1, 0.15) is 0 Å². The number of aliphatic hydroxyl groups excluding tert-OH is 1. The normalized spacial score (nSPS) is 41.8. The van der Waals surface area contributed by atoms with Gasteiger partial charge < -0.3 is 5.11 Å². The average molecular weight is 217 g/mol. The van der Waals surface area contributed by atoms with E-state index in [4.69, 9.17) is 0 Å². The summed E-state index contributed by atoms with van der Waals surface area (Å²) in [4.78, 5) is 2.12. The number of aliphatic hydroxyl groups is 1. The molecule has 86 valence electrons. The molecule has 1 saturated carbocycles. The van der Waals surface area contributed by atoms with Crippen LogP contribution in [0.3, 0.4) is 0 Å². The molecule has 1 spiro atoms. The van der Waals surface area contributed by atoms with Gasteiger partial charge in [-0.1, -0.05) is 0 Å². The molecule has 2 saturated heterocycles. The maximum Gasteiger partial charge on any atom is 0.251 e. The van der Waals surface area contributed by atoms with Crippen molar-refractivity contribution in [1.82, 2.24) is 4.90 Å². The Kier molecular flexibility index (Phi) is 1.81. The minimum absolute atomic E-state index is 0.0369. The molecular weight excluding hydrogens is 200 g/mol. The zero-order valence-corrected chi connectivity index (χ0v) is 8.81. The van der Waals surface area contributed by atoms with Crippen molar-refractivity contribution >= 4 is 0 Å². The van der Waals surface area contributed by atoms with E-state index in [1.807, 2.05) is 0 Å². The van der Waals surface area contributed by atoms with Crippen LogP contribution < -0.4 is 0 Å². The minimum atomic E-state index is -2.57. The summed E-state index contributed by atoms with van der Waals surface area (Å²) in [6.45, 7) is 1.28. The van der Waals surface area contributed by atoms with Crippen LogP contribution in [-0.2, 0) is 0 Å².